The highest BCUT2D eigenvalue weighted by Gasteiger charge is 2.42. The van der Waals surface area contributed by atoms with Gasteiger partial charge in [0.05, 0.1) is 18.2 Å². The number of hydrogen-bond donors (Lipinski definition) is 0. The molecule has 0 aliphatic carbocycles. The van der Waals surface area contributed by atoms with Crippen molar-refractivity contribution >= 4 is 40.1 Å². The maximum Gasteiger partial charge on any atom is 0.251 e. The largest absolute Gasteiger partial charge is 0.292 e. The number of halogens is 1. The van der Waals surface area contributed by atoms with E-state index in [4.69, 9.17) is 0 Å². The Morgan fingerprint density at radius 2 is 1.65 bits per heavy atom. The highest BCUT2D eigenvalue weighted by molar-refractivity contribution is 14.1. The lowest BCUT2D eigenvalue weighted by Gasteiger charge is -2.30. The first kappa shape index (κ1) is 14.0. The monoisotopic (exact) mass is 384 g/mol. The molecular weight excluding hydrogens is 367 g/mol. The van der Waals surface area contributed by atoms with Gasteiger partial charge in [-0.1, -0.05) is 6.42 Å². The number of likely N-dealkylation sites (tertiary alicyclic amines) is 1. The highest BCUT2D eigenvalue weighted by Crippen LogP contribution is 2.27. The summed E-state index contributed by atoms with van der Waals surface area (Å²) in [6.07, 6.45) is 3.81. The van der Waals surface area contributed by atoms with Crippen LogP contribution in [0, 0.1) is 3.57 Å². The van der Waals surface area contributed by atoms with Crippen LogP contribution in [0.15, 0.2) is 24.3 Å². The molecule has 0 radical (unpaired) electrons. The van der Waals surface area contributed by atoms with Gasteiger partial charge in [-0.2, -0.15) is 0 Å². The second kappa shape index (κ2) is 5.81. The molecule has 1 atom stereocenters. The number of carbonyl (C=O) groups excluding carboxylic acids is 2. The summed E-state index contributed by atoms with van der Waals surface area (Å²) in [5.41, 5.74) is 0.694. The van der Waals surface area contributed by atoms with E-state index in [-0.39, 0.29) is 17.9 Å². The summed E-state index contributed by atoms with van der Waals surface area (Å²) in [5, 5.41) is 0. The zero-order chi connectivity index (χ0) is 14.1. The summed E-state index contributed by atoms with van der Waals surface area (Å²) in [5.74, 6) is -0.134. The molecule has 0 spiro atoms. The van der Waals surface area contributed by atoms with Crippen LogP contribution >= 0.6 is 22.6 Å². The van der Waals surface area contributed by atoms with E-state index in [9.17, 15) is 9.59 Å². The first-order valence-corrected chi connectivity index (χ1v) is 8.11. The number of anilines is 1. The zero-order valence-electron chi connectivity index (χ0n) is 11.2. The second-order valence-corrected chi connectivity index (χ2v) is 6.61. The third-order valence-electron chi connectivity index (χ3n) is 4.04. The number of piperidine rings is 1. The molecule has 2 aliphatic heterocycles. The Balaban J connectivity index is 1.81. The van der Waals surface area contributed by atoms with Gasteiger partial charge in [-0.05, 0) is 72.8 Å². The Morgan fingerprint density at radius 3 is 2.30 bits per heavy atom. The molecule has 0 N–H and O–H groups in total. The average Bonchev–Trinajstić information content (AvgIpc) is 2.76. The van der Waals surface area contributed by atoms with Crippen LogP contribution in [0.5, 0.6) is 0 Å². The van der Waals surface area contributed by atoms with Crippen LogP contribution in [0.3, 0.4) is 0 Å². The Labute approximate surface area is 132 Å². The molecule has 3 rings (SSSR count). The topological polar surface area (TPSA) is 40.6 Å². The van der Waals surface area contributed by atoms with Gasteiger partial charge < -0.3 is 0 Å². The van der Waals surface area contributed by atoms with Crippen molar-refractivity contribution in [2.24, 2.45) is 0 Å². The number of nitrogens with zero attached hydrogens (tertiary/aromatic N) is 2. The van der Waals surface area contributed by atoms with Gasteiger partial charge >= 0.3 is 0 Å². The first-order valence-electron chi connectivity index (χ1n) is 7.03. The minimum atomic E-state index is -0.248. The van der Waals surface area contributed by atoms with Crippen LogP contribution in [0.1, 0.15) is 25.7 Å². The van der Waals surface area contributed by atoms with Crippen LogP contribution in [0.4, 0.5) is 5.69 Å². The molecule has 2 heterocycles. The maximum atomic E-state index is 12.6. The van der Waals surface area contributed by atoms with Crippen LogP contribution in [0.2, 0.25) is 0 Å². The van der Waals surface area contributed by atoms with E-state index < -0.39 is 0 Å². The van der Waals surface area contributed by atoms with Crippen LogP contribution in [0.25, 0.3) is 0 Å². The van der Waals surface area contributed by atoms with E-state index >= 15 is 0 Å². The minimum absolute atomic E-state index is 0.0573. The fourth-order valence-electron chi connectivity index (χ4n) is 2.99. The standard InChI is InChI=1S/C15H17IN2O2/c16-11-4-6-12(7-5-11)18-14(19)10-13(15(18)20)17-8-2-1-3-9-17/h4-7,13H,1-3,8-10H2. The lowest BCUT2D eigenvalue weighted by atomic mass is 10.1. The molecule has 1 aromatic carbocycles. The van der Waals surface area contributed by atoms with Gasteiger partial charge in [-0.3, -0.25) is 14.5 Å². The second-order valence-electron chi connectivity index (χ2n) is 5.36. The first-order chi connectivity index (χ1) is 9.66. The molecular formula is C15H17IN2O2. The Kier molecular flexibility index (Phi) is 4.07. The van der Waals surface area contributed by atoms with Gasteiger partial charge in [0.1, 0.15) is 0 Å². The molecule has 4 nitrogen and oxygen atoms in total. The van der Waals surface area contributed by atoms with Crippen molar-refractivity contribution in [2.75, 3.05) is 18.0 Å². The molecule has 2 aliphatic rings. The summed E-state index contributed by atoms with van der Waals surface area (Å²) >= 11 is 2.21. The van der Waals surface area contributed by atoms with Gasteiger partial charge in [0.2, 0.25) is 5.91 Å². The van der Waals surface area contributed by atoms with Gasteiger partial charge in [-0.15, -0.1) is 0 Å². The number of carbonyl (C=O) groups is 2. The van der Waals surface area contributed by atoms with E-state index in [1.807, 2.05) is 24.3 Å². The van der Waals surface area contributed by atoms with Crippen molar-refractivity contribution in [1.29, 1.82) is 0 Å². The third-order valence-corrected chi connectivity index (χ3v) is 4.76. The molecule has 1 unspecified atom stereocenters. The lowest BCUT2D eigenvalue weighted by Crippen LogP contribution is -2.44. The van der Waals surface area contributed by atoms with Crippen molar-refractivity contribution in [3.63, 3.8) is 0 Å². The molecule has 0 aromatic heterocycles. The van der Waals surface area contributed by atoms with Gasteiger partial charge in [0, 0.05) is 3.57 Å². The smallest absolute Gasteiger partial charge is 0.251 e. The predicted octanol–water partition coefficient (Wildman–Crippen LogP) is 2.41. The average molecular weight is 384 g/mol. The van der Waals surface area contributed by atoms with Gasteiger partial charge in [0.15, 0.2) is 0 Å². The molecule has 0 saturated carbocycles. The zero-order valence-corrected chi connectivity index (χ0v) is 13.4. The number of amides is 2. The summed E-state index contributed by atoms with van der Waals surface area (Å²) in [7, 11) is 0. The van der Waals surface area contributed by atoms with Gasteiger partial charge in [-0.25, -0.2) is 4.90 Å². The summed E-state index contributed by atoms with van der Waals surface area (Å²) < 4.78 is 1.10. The van der Waals surface area contributed by atoms with Crippen molar-refractivity contribution in [1.82, 2.24) is 4.90 Å². The van der Waals surface area contributed by atoms with Crippen LogP contribution in [-0.4, -0.2) is 35.8 Å². The normalized spacial score (nSPS) is 24.4. The van der Waals surface area contributed by atoms with E-state index in [0.29, 0.717) is 12.1 Å². The van der Waals surface area contributed by atoms with Crippen molar-refractivity contribution < 1.29 is 9.59 Å². The van der Waals surface area contributed by atoms with E-state index in [0.717, 1.165) is 29.5 Å². The number of rotatable bonds is 2. The van der Waals surface area contributed by atoms with E-state index in [1.165, 1.54) is 11.3 Å². The quantitative estimate of drug-likeness (QED) is 0.581. The van der Waals surface area contributed by atoms with E-state index in [1.54, 1.807) is 0 Å². The van der Waals surface area contributed by atoms with Crippen LogP contribution < -0.4 is 4.90 Å². The summed E-state index contributed by atoms with van der Waals surface area (Å²) in [4.78, 5) is 28.3. The Hall–Kier alpha value is -0.950. The SMILES string of the molecule is O=C1CC(N2CCCCC2)C(=O)N1c1ccc(I)cc1. The van der Waals surface area contributed by atoms with Gasteiger partial charge in [0.25, 0.3) is 5.91 Å². The lowest BCUT2D eigenvalue weighted by molar-refractivity contribution is -0.123. The molecule has 106 valence electrons. The molecule has 1 aromatic rings. The number of imide groups is 1. The fourth-order valence-corrected chi connectivity index (χ4v) is 3.35. The van der Waals surface area contributed by atoms with Crippen molar-refractivity contribution in [3.05, 3.63) is 27.8 Å². The Morgan fingerprint density at radius 1 is 1.00 bits per heavy atom. The van der Waals surface area contributed by atoms with Crippen molar-refractivity contribution in [3.8, 4) is 0 Å². The third kappa shape index (κ3) is 2.61. The summed E-state index contributed by atoms with van der Waals surface area (Å²) in [6, 6.07) is 7.28. The van der Waals surface area contributed by atoms with Crippen LogP contribution in [-0.2, 0) is 9.59 Å². The maximum absolute atomic E-state index is 12.6. The number of hydrogen-bond acceptors (Lipinski definition) is 3. The molecule has 0 bridgehead atoms. The molecule has 5 heteroatoms. The summed E-state index contributed by atoms with van der Waals surface area (Å²) in [6.45, 7) is 1.87. The fraction of sp³-hybridized carbons (Fsp3) is 0.467. The highest BCUT2D eigenvalue weighted by atomic mass is 127. The molecule has 2 saturated heterocycles. The number of benzene rings is 1. The van der Waals surface area contributed by atoms with E-state index in [2.05, 4.69) is 27.5 Å². The molecule has 2 fully saturated rings. The molecule has 2 amide bonds. The Bertz CT molecular complexity index is 523. The molecule has 20 heavy (non-hydrogen) atoms. The van der Waals surface area contributed by atoms with Crippen molar-refractivity contribution in [2.45, 2.75) is 31.7 Å². The minimum Gasteiger partial charge on any atom is -0.292 e. The predicted molar refractivity (Wildman–Crippen MR) is 85.5 cm³/mol.